The van der Waals surface area contributed by atoms with E-state index in [1.54, 1.807) is 32.1 Å². The van der Waals surface area contributed by atoms with E-state index in [4.69, 9.17) is 0 Å². The highest BCUT2D eigenvalue weighted by molar-refractivity contribution is 5.10. The average Bonchev–Trinajstić information content (AvgIpc) is 2.32. The largest absolute Gasteiger partial charge is 0.0625 e. The molecule has 0 heterocycles. The van der Waals surface area contributed by atoms with Crippen molar-refractivity contribution in [3.63, 3.8) is 0 Å². The Balaban J connectivity index is 1.92. The second kappa shape index (κ2) is 2.08. The third kappa shape index (κ3) is 0.661. The molecule has 5 atom stereocenters. The molecule has 0 N–H and O–H groups in total. The average molecular weight is 164 g/mol. The molecule has 3 saturated carbocycles. The summed E-state index contributed by atoms with van der Waals surface area (Å²) in [6.07, 6.45) is 7.84. The molecule has 0 aromatic heterocycles. The monoisotopic (exact) mass is 164 g/mol. The lowest BCUT2D eigenvalue weighted by molar-refractivity contribution is 0.0218. The molecule has 0 nitrogen and oxygen atoms in total. The molecule has 0 aliphatic heterocycles. The lowest BCUT2D eigenvalue weighted by atomic mass is 9.58. The van der Waals surface area contributed by atoms with E-state index in [-0.39, 0.29) is 0 Å². The summed E-state index contributed by atoms with van der Waals surface area (Å²) in [5.74, 6) is 4.40. The van der Waals surface area contributed by atoms with Crippen molar-refractivity contribution in [2.24, 2.45) is 29.1 Å². The topological polar surface area (TPSA) is 0 Å². The van der Waals surface area contributed by atoms with Crippen LogP contribution in [0.4, 0.5) is 0 Å². The molecule has 0 amide bonds. The van der Waals surface area contributed by atoms with Gasteiger partial charge in [-0.2, -0.15) is 0 Å². The van der Waals surface area contributed by atoms with Crippen LogP contribution in [0.5, 0.6) is 0 Å². The minimum Gasteiger partial charge on any atom is -0.0625 e. The van der Waals surface area contributed by atoms with E-state index in [0.717, 1.165) is 29.1 Å². The zero-order valence-corrected chi connectivity index (χ0v) is 8.34. The van der Waals surface area contributed by atoms with Crippen LogP contribution in [-0.4, -0.2) is 0 Å². The summed E-state index contributed by atoms with van der Waals surface area (Å²) in [5, 5.41) is 0. The summed E-state index contributed by atoms with van der Waals surface area (Å²) in [5.41, 5.74) is 0.888. The molecule has 3 aliphatic carbocycles. The maximum absolute atomic E-state index is 2.49. The second-order valence-corrected chi connectivity index (χ2v) is 5.83. The molecule has 68 valence electrons. The van der Waals surface area contributed by atoms with Gasteiger partial charge >= 0.3 is 0 Å². The van der Waals surface area contributed by atoms with Crippen molar-refractivity contribution in [3.8, 4) is 0 Å². The molecule has 12 heavy (non-hydrogen) atoms. The van der Waals surface area contributed by atoms with E-state index in [0.29, 0.717) is 0 Å². The van der Waals surface area contributed by atoms with Gasteiger partial charge in [0.25, 0.3) is 0 Å². The van der Waals surface area contributed by atoms with Crippen LogP contribution in [-0.2, 0) is 0 Å². The smallest absolute Gasteiger partial charge is 0.0235 e. The summed E-state index contributed by atoms with van der Waals surface area (Å²) < 4.78 is 0. The third-order valence-corrected chi connectivity index (χ3v) is 5.23. The fourth-order valence-corrected chi connectivity index (χ4v) is 4.86. The molecule has 3 fully saturated rings. The van der Waals surface area contributed by atoms with Gasteiger partial charge in [-0.1, -0.05) is 13.8 Å². The van der Waals surface area contributed by atoms with Crippen LogP contribution in [0.15, 0.2) is 0 Å². The van der Waals surface area contributed by atoms with Crippen LogP contribution in [0.1, 0.15) is 46.0 Å². The first kappa shape index (κ1) is 7.41. The van der Waals surface area contributed by atoms with E-state index in [1.807, 2.05) is 0 Å². The minimum atomic E-state index is 0.888. The summed E-state index contributed by atoms with van der Waals surface area (Å²) >= 11 is 0. The summed E-state index contributed by atoms with van der Waals surface area (Å²) in [6.45, 7) is 4.96. The van der Waals surface area contributed by atoms with E-state index in [9.17, 15) is 0 Å². The van der Waals surface area contributed by atoms with Crippen molar-refractivity contribution in [1.29, 1.82) is 0 Å². The molecule has 0 aromatic rings. The van der Waals surface area contributed by atoms with Crippen molar-refractivity contribution in [3.05, 3.63) is 0 Å². The Morgan fingerprint density at radius 2 is 2.00 bits per heavy atom. The molecule has 3 aliphatic rings. The maximum Gasteiger partial charge on any atom is -0.0235 e. The Morgan fingerprint density at radius 1 is 1.17 bits per heavy atom. The number of hydrogen-bond acceptors (Lipinski definition) is 0. The highest BCUT2D eigenvalue weighted by atomic mass is 14.7. The van der Waals surface area contributed by atoms with Crippen LogP contribution >= 0.6 is 0 Å². The first-order valence-corrected chi connectivity index (χ1v) is 5.72. The van der Waals surface area contributed by atoms with Gasteiger partial charge < -0.3 is 0 Å². The maximum atomic E-state index is 2.49. The van der Waals surface area contributed by atoms with E-state index >= 15 is 0 Å². The van der Waals surface area contributed by atoms with Gasteiger partial charge in [-0.3, -0.25) is 0 Å². The highest BCUT2D eigenvalue weighted by Gasteiger charge is 2.61. The van der Waals surface area contributed by atoms with Crippen LogP contribution < -0.4 is 0 Å². The Kier molecular flexibility index (Phi) is 1.28. The SMILES string of the molecule is CC1C[C@@H]2C[C@@H](C)CC23CC[C@H]13. The van der Waals surface area contributed by atoms with Gasteiger partial charge in [0.05, 0.1) is 0 Å². The summed E-state index contributed by atoms with van der Waals surface area (Å²) in [4.78, 5) is 0. The lowest BCUT2D eigenvalue weighted by Crippen LogP contribution is -2.39. The number of hydrogen-bond donors (Lipinski definition) is 0. The fourth-order valence-electron chi connectivity index (χ4n) is 4.86. The highest BCUT2D eigenvalue weighted by Crippen LogP contribution is 2.70. The molecule has 0 aromatic carbocycles. The lowest BCUT2D eigenvalue weighted by Gasteiger charge is -2.47. The minimum absolute atomic E-state index is 0.888. The molecular weight excluding hydrogens is 144 g/mol. The normalized spacial score (nSPS) is 62.5. The van der Waals surface area contributed by atoms with Gasteiger partial charge in [0.1, 0.15) is 0 Å². The molecule has 0 radical (unpaired) electrons. The zero-order valence-electron chi connectivity index (χ0n) is 8.34. The summed E-state index contributed by atoms with van der Waals surface area (Å²) in [6, 6.07) is 0. The fraction of sp³-hybridized carbons (Fsp3) is 1.00. The van der Waals surface area contributed by atoms with Crippen LogP contribution in [0.3, 0.4) is 0 Å². The molecule has 0 saturated heterocycles. The van der Waals surface area contributed by atoms with Crippen molar-refractivity contribution >= 4 is 0 Å². The Morgan fingerprint density at radius 3 is 2.58 bits per heavy atom. The molecule has 0 heteroatoms. The van der Waals surface area contributed by atoms with E-state index in [1.165, 1.54) is 0 Å². The Labute approximate surface area is 75.7 Å². The van der Waals surface area contributed by atoms with Gasteiger partial charge in [0.2, 0.25) is 0 Å². The van der Waals surface area contributed by atoms with Crippen molar-refractivity contribution in [2.45, 2.75) is 46.0 Å². The van der Waals surface area contributed by atoms with Crippen molar-refractivity contribution in [1.82, 2.24) is 0 Å². The van der Waals surface area contributed by atoms with Gasteiger partial charge in [-0.25, -0.2) is 0 Å². The molecule has 3 rings (SSSR count). The molecule has 1 spiro atoms. The Hall–Kier alpha value is 0. The van der Waals surface area contributed by atoms with Crippen LogP contribution in [0, 0.1) is 29.1 Å². The molecule has 2 unspecified atom stereocenters. The predicted octanol–water partition coefficient (Wildman–Crippen LogP) is 3.47. The van der Waals surface area contributed by atoms with Gasteiger partial charge in [-0.05, 0) is 61.2 Å². The van der Waals surface area contributed by atoms with Crippen LogP contribution in [0.25, 0.3) is 0 Å². The number of rotatable bonds is 0. The first-order chi connectivity index (χ1) is 5.72. The van der Waals surface area contributed by atoms with Gasteiger partial charge in [0, 0.05) is 0 Å². The Bertz CT molecular complexity index is 208. The second-order valence-electron chi connectivity index (χ2n) is 5.83. The van der Waals surface area contributed by atoms with E-state index in [2.05, 4.69) is 13.8 Å². The molecular formula is C12H20. The van der Waals surface area contributed by atoms with Crippen molar-refractivity contribution < 1.29 is 0 Å². The van der Waals surface area contributed by atoms with Gasteiger partial charge in [0.15, 0.2) is 0 Å². The zero-order chi connectivity index (χ0) is 8.34. The first-order valence-electron chi connectivity index (χ1n) is 5.72. The summed E-state index contributed by atoms with van der Waals surface area (Å²) in [7, 11) is 0. The van der Waals surface area contributed by atoms with Crippen LogP contribution in [0.2, 0.25) is 0 Å². The molecule has 0 bridgehead atoms. The predicted molar refractivity (Wildman–Crippen MR) is 50.8 cm³/mol. The van der Waals surface area contributed by atoms with Gasteiger partial charge in [-0.15, -0.1) is 0 Å². The third-order valence-electron chi connectivity index (χ3n) is 5.23. The van der Waals surface area contributed by atoms with E-state index < -0.39 is 0 Å². The standard InChI is InChI=1S/C12H20/c1-8-5-10-6-9(2)11-3-4-12(10,11)7-8/h8-11H,3-7H2,1-2H3/t8-,9?,10+,11-,12?/m1/s1. The quantitative estimate of drug-likeness (QED) is 0.514. The van der Waals surface area contributed by atoms with Crippen molar-refractivity contribution in [2.75, 3.05) is 0 Å².